The number of rotatable bonds is 7. The van der Waals surface area contributed by atoms with Gasteiger partial charge in [-0.25, -0.2) is 4.79 Å². The van der Waals surface area contributed by atoms with Crippen LogP contribution in [0.15, 0.2) is 60.7 Å². The van der Waals surface area contributed by atoms with E-state index < -0.39 is 17.7 Å². The van der Waals surface area contributed by atoms with E-state index in [2.05, 4.69) is 5.32 Å². The third kappa shape index (κ3) is 6.07. The van der Waals surface area contributed by atoms with E-state index in [1.54, 1.807) is 0 Å². The Kier molecular flexibility index (Phi) is 8.46. The highest BCUT2D eigenvalue weighted by atomic mass is 35.5. The minimum Gasteiger partial charge on any atom is -0.444 e. The smallest absolute Gasteiger partial charge is 0.411 e. The van der Waals surface area contributed by atoms with Crippen LogP contribution in [0.1, 0.15) is 32.3 Å². The van der Waals surface area contributed by atoms with Crippen molar-refractivity contribution in [1.29, 1.82) is 0 Å². The molecule has 2 aromatic carbocycles. The zero-order chi connectivity index (χ0) is 17.4. The molecular weight excluding hydrogens is 336 g/mol. The van der Waals surface area contributed by atoms with Gasteiger partial charge in [-0.2, -0.15) is 0 Å². The van der Waals surface area contributed by atoms with Crippen LogP contribution in [0.25, 0.3) is 0 Å². The van der Waals surface area contributed by atoms with Crippen molar-refractivity contribution in [2.24, 2.45) is 5.73 Å². The monoisotopic (exact) mass is 362 g/mol. The number of para-hydroxylation sites is 1. The molecule has 1 unspecified atom stereocenters. The van der Waals surface area contributed by atoms with E-state index in [9.17, 15) is 4.79 Å². The Morgan fingerprint density at radius 2 is 1.56 bits per heavy atom. The van der Waals surface area contributed by atoms with Gasteiger partial charge in [0.05, 0.1) is 5.54 Å². The predicted octanol–water partition coefficient (Wildman–Crippen LogP) is 4.79. The Labute approximate surface area is 156 Å². The van der Waals surface area contributed by atoms with Crippen molar-refractivity contribution in [3.05, 3.63) is 66.2 Å². The third-order valence-electron chi connectivity index (χ3n) is 4.49. The maximum Gasteiger partial charge on any atom is 0.411 e. The van der Waals surface area contributed by atoms with Gasteiger partial charge in [0.2, 0.25) is 0 Å². The van der Waals surface area contributed by atoms with Crippen LogP contribution in [-0.4, -0.2) is 17.7 Å². The number of anilines is 1. The molecule has 136 valence electrons. The topological polar surface area (TPSA) is 64.3 Å². The van der Waals surface area contributed by atoms with Gasteiger partial charge in [-0.3, -0.25) is 5.32 Å². The Hall–Kier alpha value is -2.04. The lowest BCUT2D eigenvalue weighted by atomic mass is 9.84. The first-order valence-corrected chi connectivity index (χ1v) is 8.43. The largest absolute Gasteiger partial charge is 0.444 e. The minimum absolute atomic E-state index is 0. The van der Waals surface area contributed by atoms with Crippen molar-refractivity contribution >= 4 is 24.2 Å². The molecule has 0 aliphatic carbocycles. The SMILES string of the molecule is CCC(N)(CC)C(Cc1ccccc1)OC(=O)Nc1ccccc1.Cl. The summed E-state index contributed by atoms with van der Waals surface area (Å²) in [6, 6.07) is 19.2. The van der Waals surface area contributed by atoms with Gasteiger partial charge in [0.15, 0.2) is 0 Å². The average molecular weight is 363 g/mol. The van der Waals surface area contributed by atoms with E-state index in [4.69, 9.17) is 10.5 Å². The fourth-order valence-corrected chi connectivity index (χ4v) is 2.69. The van der Waals surface area contributed by atoms with Gasteiger partial charge in [-0.05, 0) is 30.5 Å². The molecule has 0 heterocycles. The number of hydrogen-bond donors (Lipinski definition) is 2. The number of amides is 1. The van der Waals surface area contributed by atoms with Crippen LogP contribution in [0, 0.1) is 0 Å². The third-order valence-corrected chi connectivity index (χ3v) is 4.49. The normalized spacial score (nSPS) is 12.0. The lowest BCUT2D eigenvalue weighted by Gasteiger charge is -2.35. The van der Waals surface area contributed by atoms with Gasteiger partial charge in [-0.15, -0.1) is 12.4 Å². The highest BCUT2D eigenvalue weighted by molar-refractivity contribution is 5.85. The van der Waals surface area contributed by atoms with Gasteiger partial charge in [0.25, 0.3) is 0 Å². The van der Waals surface area contributed by atoms with E-state index in [1.165, 1.54) is 0 Å². The second-order valence-corrected chi connectivity index (χ2v) is 6.01. The molecule has 4 nitrogen and oxygen atoms in total. The molecule has 1 atom stereocenters. The van der Waals surface area contributed by atoms with Crippen molar-refractivity contribution in [2.45, 2.75) is 44.8 Å². The van der Waals surface area contributed by atoms with Crippen LogP contribution in [-0.2, 0) is 11.2 Å². The average Bonchev–Trinajstić information content (AvgIpc) is 2.62. The van der Waals surface area contributed by atoms with E-state index >= 15 is 0 Å². The van der Waals surface area contributed by atoms with Crippen LogP contribution >= 0.6 is 12.4 Å². The molecule has 0 aliphatic rings. The molecular formula is C20H27ClN2O2. The zero-order valence-electron chi connectivity index (χ0n) is 14.8. The Balaban J connectivity index is 0.00000312. The van der Waals surface area contributed by atoms with Gasteiger partial charge in [0, 0.05) is 12.1 Å². The number of carbonyl (C=O) groups excluding carboxylic acids is 1. The summed E-state index contributed by atoms with van der Waals surface area (Å²) >= 11 is 0. The fourth-order valence-electron chi connectivity index (χ4n) is 2.69. The highest BCUT2D eigenvalue weighted by Gasteiger charge is 2.35. The summed E-state index contributed by atoms with van der Waals surface area (Å²) in [5.41, 5.74) is 7.78. The molecule has 2 rings (SSSR count). The summed E-state index contributed by atoms with van der Waals surface area (Å²) in [7, 11) is 0. The molecule has 0 fully saturated rings. The lowest BCUT2D eigenvalue weighted by molar-refractivity contribution is 0.0521. The maximum absolute atomic E-state index is 12.3. The summed E-state index contributed by atoms with van der Waals surface area (Å²) in [5.74, 6) is 0. The lowest BCUT2D eigenvalue weighted by Crippen LogP contribution is -2.53. The standard InChI is InChI=1S/C20H26N2O2.ClH/c1-3-20(21,4-2)18(15-16-11-7-5-8-12-16)24-19(23)22-17-13-9-6-10-14-17;/h5-14,18H,3-4,15,21H2,1-2H3,(H,22,23);1H. The van der Waals surface area contributed by atoms with Crippen molar-refractivity contribution in [1.82, 2.24) is 0 Å². The fraction of sp³-hybridized carbons (Fsp3) is 0.350. The van der Waals surface area contributed by atoms with Crippen molar-refractivity contribution in [3.63, 3.8) is 0 Å². The van der Waals surface area contributed by atoms with E-state index in [-0.39, 0.29) is 12.4 Å². The molecule has 25 heavy (non-hydrogen) atoms. The molecule has 0 bridgehead atoms. The second-order valence-electron chi connectivity index (χ2n) is 6.01. The molecule has 1 amide bonds. The van der Waals surface area contributed by atoms with Crippen molar-refractivity contribution in [2.75, 3.05) is 5.32 Å². The van der Waals surface area contributed by atoms with Gasteiger partial charge in [0.1, 0.15) is 6.10 Å². The predicted molar refractivity (Wildman–Crippen MR) is 105 cm³/mol. The Bertz CT molecular complexity index is 631. The summed E-state index contributed by atoms with van der Waals surface area (Å²) < 4.78 is 5.73. The van der Waals surface area contributed by atoms with Gasteiger partial charge < -0.3 is 10.5 Å². The molecule has 0 aromatic heterocycles. The molecule has 5 heteroatoms. The van der Waals surface area contributed by atoms with Gasteiger partial charge >= 0.3 is 6.09 Å². The maximum atomic E-state index is 12.3. The Morgan fingerprint density at radius 3 is 2.08 bits per heavy atom. The number of nitrogens with two attached hydrogens (primary N) is 1. The van der Waals surface area contributed by atoms with Crippen LogP contribution in [0.3, 0.4) is 0 Å². The van der Waals surface area contributed by atoms with E-state index in [0.29, 0.717) is 12.1 Å². The highest BCUT2D eigenvalue weighted by Crippen LogP contribution is 2.23. The molecule has 0 radical (unpaired) electrons. The van der Waals surface area contributed by atoms with Crippen LogP contribution in [0.4, 0.5) is 10.5 Å². The molecule has 0 aliphatic heterocycles. The van der Waals surface area contributed by atoms with Gasteiger partial charge in [-0.1, -0.05) is 62.4 Å². The summed E-state index contributed by atoms with van der Waals surface area (Å²) in [5, 5.41) is 2.76. The molecule has 3 N–H and O–H groups in total. The number of hydrogen-bond acceptors (Lipinski definition) is 3. The molecule has 0 spiro atoms. The number of ether oxygens (including phenoxy) is 1. The Morgan fingerprint density at radius 1 is 1.04 bits per heavy atom. The zero-order valence-corrected chi connectivity index (χ0v) is 15.6. The summed E-state index contributed by atoms with van der Waals surface area (Å²) in [6.07, 6.45) is 1.21. The van der Waals surface area contributed by atoms with E-state index in [0.717, 1.165) is 18.4 Å². The van der Waals surface area contributed by atoms with Crippen molar-refractivity contribution in [3.8, 4) is 0 Å². The quantitative estimate of drug-likeness (QED) is 0.744. The first kappa shape index (κ1) is 21.0. The van der Waals surface area contributed by atoms with Crippen LogP contribution < -0.4 is 11.1 Å². The first-order chi connectivity index (χ1) is 11.6. The summed E-state index contributed by atoms with van der Waals surface area (Å²) in [6.45, 7) is 4.06. The first-order valence-electron chi connectivity index (χ1n) is 8.43. The van der Waals surface area contributed by atoms with Crippen molar-refractivity contribution < 1.29 is 9.53 Å². The molecule has 0 saturated carbocycles. The van der Waals surface area contributed by atoms with Crippen LogP contribution in [0.2, 0.25) is 0 Å². The number of benzene rings is 2. The number of nitrogens with one attached hydrogen (secondary N) is 1. The molecule has 0 saturated heterocycles. The number of halogens is 1. The van der Waals surface area contributed by atoms with E-state index in [1.807, 2.05) is 74.5 Å². The minimum atomic E-state index is -0.552. The molecule has 2 aromatic rings. The summed E-state index contributed by atoms with van der Waals surface area (Å²) in [4.78, 5) is 12.3. The second kappa shape index (κ2) is 10.1. The number of carbonyl (C=O) groups is 1. The van der Waals surface area contributed by atoms with Crippen LogP contribution in [0.5, 0.6) is 0 Å².